The lowest BCUT2D eigenvalue weighted by Gasteiger charge is -2.15. The molecule has 0 heterocycles. The SMILES string of the molecule is CCCCCc1ccc(C(=O)OOC(CCOCCC)OOC(=O)c2ccc(CCCCC)cc2)cc1. The van der Waals surface area contributed by atoms with Crippen molar-refractivity contribution in [2.75, 3.05) is 13.2 Å². The van der Waals surface area contributed by atoms with Gasteiger partial charge < -0.3 is 4.74 Å². The van der Waals surface area contributed by atoms with Gasteiger partial charge in [-0.05, 0) is 67.5 Å². The summed E-state index contributed by atoms with van der Waals surface area (Å²) in [4.78, 5) is 45.2. The molecule has 0 saturated carbocycles. The summed E-state index contributed by atoms with van der Waals surface area (Å²) in [6.45, 7) is 7.19. The Hall–Kier alpha value is -2.74. The minimum Gasteiger partial charge on any atom is -0.381 e. The lowest BCUT2D eigenvalue weighted by Crippen LogP contribution is -2.24. The summed E-state index contributed by atoms with van der Waals surface area (Å²) in [5.41, 5.74) is 3.05. The van der Waals surface area contributed by atoms with Crippen LogP contribution in [0.25, 0.3) is 0 Å². The van der Waals surface area contributed by atoms with Crippen LogP contribution in [0.1, 0.15) is 104 Å². The number of ether oxygens (including phenoxy) is 1. The Labute approximate surface area is 221 Å². The Kier molecular flexibility index (Phi) is 15.2. The maximum absolute atomic E-state index is 12.4. The maximum atomic E-state index is 12.4. The van der Waals surface area contributed by atoms with E-state index in [-0.39, 0.29) is 13.0 Å². The second-order valence-corrected chi connectivity index (χ2v) is 9.07. The molecule has 0 aliphatic carbocycles. The van der Waals surface area contributed by atoms with E-state index in [9.17, 15) is 9.59 Å². The van der Waals surface area contributed by atoms with Gasteiger partial charge in [0.25, 0.3) is 0 Å². The van der Waals surface area contributed by atoms with Gasteiger partial charge >= 0.3 is 11.9 Å². The quantitative estimate of drug-likeness (QED) is 0.0850. The molecule has 0 fully saturated rings. The first-order valence-electron chi connectivity index (χ1n) is 13.6. The number of carbonyl (C=O) groups excluding carboxylic acids is 2. The van der Waals surface area contributed by atoms with E-state index in [0.29, 0.717) is 17.7 Å². The van der Waals surface area contributed by atoms with E-state index in [4.69, 9.17) is 24.3 Å². The molecule has 0 amide bonds. The highest BCUT2D eigenvalue weighted by Gasteiger charge is 2.20. The third-order valence-corrected chi connectivity index (χ3v) is 5.83. The van der Waals surface area contributed by atoms with Gasteiger partial charge in [0.15, 0.2) is 0 Å². The molecule has 204 valence electrons. The van der Waals surface area contributed by atoms with E-state index in [0.717, 1.165) is 44.9 Å². The smallest absolute Gasteiger partial charge is 0.373 e. The van der Waals surface area contributed by atoms with Crippen LogP contribution in [-0.2, 0) is 37.1 Å². The van der Waals surface area contributed by atoms with Crippen molar-refractivity contribution in [3.63, 3.8) is 0 Å². The minimum absolute atomic E-state index is 0.202. The van der Waals surface area contributed by atoms with Crippen molar-refractivity contribution in [3.05, 3.63) is 70.8 Å². The molecule has 0 bridgehead atoms. The van der Waals surface area contributed by atoms with E-state index in [1.54, 1.807) is 24.3 Å². The standard InChI is InChI=1S/C30H42O7/c1-4-7-9-11-24-13-17-26(18-14-24)29(31)36-34-28(21-23-33-22-6-3)35-37-30(32)27-19-15-25(16-20-27)12-10-8-5-2/h13-20,28H,4-12,21-23H2,1-3H3. The monoisotopic (exact) mass is 514 g/mol. The van der Waals surface area contributed by atoms with Crippen LogP contribution in [0.15, 0.2) is 48.5 Å². The number of carbonyl (C=O) groups is 2. The summed E-state index contributed by atoms with van der Waals surface area (Å²) < 4.78 is 5.46. The van der Waals surface area contributed by atoms with Crippen LogP contribution in [0, 0.1) is 0 Å². The van der Waals surface area contributed by atoms with Crippen LogP contribution in [0.3, 0.4) is 0 Å². The minimum atomic E-state index is -1.13. The molecule has 0 aliphatic heterocycles. The molecule has 37 heavy (non-hydrogen) atoms. The molecular formula is C30H42O7. The molecule has 0 aromatic heterocycles. The first-order chi connectivity index (χ1) is 18.1. The van der Waals surface area contributed by atoms with Crippen molar-refractivity contribution < 1.29 is 33.9 Å². The molecule has 0 atom stereocenters. The van der Waals surface area contributed by atoms with Gasteiger partial charge in [-0.2, -0.15) is 0 Å². The Bertz CT molecular complexity index is 824. The molecule has 0 radical (unpaired) electrons. The summed E-state index contributed by atoms with van der Waals surface area (Å²) in [6, 6.07) is 14.5. The summed E-state index contributed by atoms with van der Waals surface area (Å²) in [7, 11) is 0. The van der Waals surface area contributed by atoms with E-state index in [1.165, 1.54) is 24.0 Å². The van der Waals surface area contributed by atoms with E-state index in [2.05, 4.69) is 13.8 Å². The Morgan fingerprint density at radius 1 is 0.622 bits per heavy atom. The number of hydrogen-bond donors (Lipinski definition) is 0. The van der Waals surface area contributed by atoms with Crippen LogP contribution < -0.4 is 0 Å². The molecule has 0 unspecified atom stereocenters. The largest absolute Gasteiger partial charge is 0.381 e. The molecule has 7 nitrogen and oxygen atoms in total. The molecule has 2 aromatic carbocycles. The Morgan fingerprint density at radius 3 is 1.49 bits per heavy atom. The zero-order valence-electron chi connectivity index (χ0n) is 22.5. The van der Waals surface area contributed by atoms with Crippen LogP contribution in [0.2, 0.25) is 0 Å². The van der Waals surface area contributed by atoms with Crippen molar-refractivity contribution in [1.82, 2.24) is 0 Å². The summed E-state index contributed by atoms with van der Waals surface area (Å²) in [6.07, 6.45) is 8.78. The summed E-state index contributed by atoms with van der Waals surface area (Å²) >= 11 is 0. The molecule has 0 aliphatic rings. The fourth-order valence-electron chi connectivity index (χ4n) is 3.60. The second kappa shape index (κ2) is 18.5. The predicted molar refractivity (Wildman–Crippen MR) is 142 cm³/mol. The fourth-order valence-corrected chi connectivity index (χ4v) is 3.60. The van der Waals surface area contributed by atoms with Crippen LogP contribution in [-0.4, -0.2) is 31.4 Å². The Balaban J connectivity index is 1.86. The van der Waals surface area contributed by atoms with Gasteiger partial charge in [-0.1, -0.05) is 70.7 Å². The topological polar surface area (TPSA) is 80.3 Å². The maximum Gasteiger partial charge on any atom is 0.373 e. The number of aryl methyl sites for hydroxylation is 2. The third-order valence-electron chi connectivity index (χ3n) is 5.83. The number of hydrogen-bond acceptors (Lipinski definition) is 7. The van der Waals surface area contributed by atoms with Gasteiger partial charge in [-0.3, -0.25) is 9.78 Å². The summed E-state index contributed by atoms with van der Waals surface area (Å²) in [5, 5.41) is 0. The van der Waals surface area contributed by atoms with Crippen molar-refractivity contribution in [3.8, 4) is 0 Å². The fraction of sp³-hybridized carbons (Fsp3) is 0.533. The lowest BCUT2D eigenvalue weighted by atomic mass is 10.1. The normalized spacial score (nSPS) is 11.0. The first-order valence-corrected chi connectivity index (χ1v) is 13.6. The second-order valence-electron chi connectivity index (χ2n) is 9.07. The highest BCUT2D eigenvalue weighted by atomic mass is 17.3. The van der Waals surface area contributed by atoms with Gasteiger partial charge in [-0.15, -0.1) is 9.78 Å². The molecular weight excluding hydrogens is 472 g/mol. The van der Waals surface area contributed by atoms with Crippen molar-refractivity contribution in [1.29, 1.82) is 0 Å². The van der Waals surface area contributed by atoms with E-state index >= 15 is 0 Å². The van der Waals surface area contributed by atoms with Crippen molar-refractivity contribution >= 4 is 11.9 Å². The third kappa shape index (κ3) is 12.4. The zero-order valence-corrected chi connectivity index (χ0v) is 22.5. The van der Waals surface area contributed by atoms with E-state index in [1.807, 2.05) is 31.2 Å². The van der Waals surface area contributed by atoms with Crippen LogP contribution in [0.4, 0.5) is 0 Å². The predicted octanol–water partition coefficient (Wildman–Crippen LogP) is 7.17. The Morgan fingerprint density at radius 2 is 1.08 bits per heavy atom. The van der Waals surface area contributed by atoms with Gasteiger partial charge in [0.05, 0.1) is 17.7 Å². The molecule has 7 heteroatoms. The molecule has 2 rings (SSSR count). The van der Waals surface area contributed by atoms with Gasteiger partial charge in [0.1, 0.15) is 0 Å². The molecule has 0 N–H and O–H groups in total. The van der Waals surface area contributed by atoms with Gasteiger partial charge in [0, 0.05) is 13.0 Å². The zero-order chi connectivity index (χ0) is 26.7. The highest BCUT2D eigenvalue weighted by molar-refractivity contribution is 5.89. The van der Waals surface area contributed by atoms with Gasteiger partial charge in [-0.25, -0.2) is 9.59 Å². The highest BCUT2D eigenvalue weighted by Crippen LogP contribution is 2.14. The molecule has 0 saturated heterocycles. The number of rotatable bonds is 19. The van der Waals surface area contributed by atoms with E-state index < -0.39 is 18.2 Å². The molecule has 0 spiro atoms. The average molecular weight is 515 g/mol. The van der Waals surface area contributed by atoms with Crippen LogP contribution in [0.5, 0.6) is 0 Å². The van der Waals surface area contributed by atoms with Gasteiger partial charge in [0.2, 0.25) is 6.29 Å². The lowest BCUT2D eigenvalue weighted by molar-refractivity contribution is -0.422. The average Bonchev–Trinajstić information content (AvgIpc) is 2.92. The first kappa shape index (κ1) is 30.5. The summed E-state index contributed by atoms with van der Waals surface area (Å²) in [5.74, 6) is -1.32. The number of unbranched alkanes of at least 4 members (excludes halogenated alkanes) is 4. The van der Waals surface area contributed by atoms with Crippen molar-refractivity contribution in [2.45, 2.75) is 91.3 Å². The van der Waals surface area contributed by atoms with Crippen LogP contribution >= 0.6 is 0 Å². The number of benzene rings is 2. The van der Waals surface area contributed by atoms with Crippen molar-refractivity contribution in [2.24, 2.45) is 0 Å². The molecule has 2 aromatic rings.